The van der Waals surface area contributed by atoms with Crippen molar-refractivity contribution in [3.05, 3.63) is 46.4 Å². The van der Waals surface area contributed by atoms with Crippen LogP contribution in [-0.2, 0) is 14.3 Å². The molecule has 0 radical (unpaired) electrons. The highest BCUT2D eigenvalue weighted by Crippen LogP contribution is 2.30. The van der Waals surface area contributed by atoms with Crippen molar-refractivity contribution in [2.45, 2.75) is 0 Å². The van der Waals surface area contributed by atoms with Crippen LogP contribution in [0.1, 0.15) is 5.56 Å². The summed E-state index contributed by atoms with van der Waals surface area (Å²) >= 11 is 5.75. The summed E-state index contributed by atoms with van der Waals surface area (Å²) in [6.45, 7) is 0. The Labute approximate surface area is 125 Å². The van der Waals surface area contributed by atoms with Crippen molar-refractivity contribution in [3.8, 4) is 5.75 Å². The Bertz CT molecular complexity index is 626. The van der Waals surface area contributed by atoms with Crippen LogP contribution in [0.15, 0.2) is 30.0 Å². The second-order valence-electron chi connectivity index (χ2n) is 3.81. The van der Waals surface area contributed by atoms with Crippen LogP contribution in [-0.4, -0.2) is 26.0 Å². The first kappa shape index (κ1) is 16.7. The van der Waals surface area contributed by atoms with Gasteiger partial charge in [-0.05, 0) is 18.2 Å². The lowest BCUT2D eigenvalue weighted by molar-refractivity contribution is -0.136. The number of nitrogens with two attached hydrogens (primary N) is 1. The van der Waals surface area contributed by atoms with E-state index in [4.69, 9.17) is 22.1 Å². The fourth-order valence-corrected chi connectivity index (χ4v) is 1.64. The lowest BCUT2D eigenvalue weighted by Crippen LogP contribution is -2.14. The molecular formula is C14H13ClFNO4. The lowest BCUT2D eigenvalue weighted by atomic mass is 10.1. The second kappa shape index (κ2) is 7.44. The molecular weight excluding hydrogens is 301 g/mol. The first-order chi connectivity index (χ1) is 9.90. The van der Waals surface area contributed by atoms with Crippen molar-refractivity contribution < 1.29 is 23.5 Å². The van der Waals surface area contributed by atoms with Crippen LogP contribution in [0.3, 0.4) is 0 Å². The third-order valence-corrected chi connectivity index (χ3v) is 2.73. The van der Waals surface area contributed by atoms with Crippen molar-refractivity contribution in [2.24, 2.45) is 5.73 Å². The van der Waals surface area contributed by atoms with E-state index in [2.05, 4.69) is 4.74 Å². The van der Waals surface area contributed by atoms with Crippen molar-refractivity contribution >= 4 is 29.4 Å². The third kappa shape index (κ3) is 4.32. The van der Waals surface area contributed by atoms with E-state index in [0.717, 1.165) is 19.3 Å². The summed E-state index contributed by atoms with van der Waals surface area (Å²) in [5.41, 5.74) is 5.07. The molecule has 0 bridgehead atoms. The van der Waals surface area contributed by atoms with Gasteiger partial charge < -0.3 is 15.2 Å². The SMILES string of the molecule is COC(=O)/C(N)=C/C(=O)/C=C/c1ccc(Cl)c(OC)c1F. The second-order valence-corrected chi connectivity index (χ2v) is 4.22. The molecule has 0 aromatic heterocycles. The molecule has 0 saturated carbocycles. The van der Waals surface area contributed by atoms with Crippen LogP contribution >= 0.6 is 11.6 Å². The van der Waals surface area contributed by atoms with Gasteiger partial charge in [0.15, 0.2) is 17.3 Å². The third-order valence-electron chi connectivity index (χ3n) is 2.43. The fourth-order valence-electron chi connectivity index (χ4n) is 1.41. The number of esters is 1. The molecule has 0 fully saturated rings. The number of allylic oxidation sites excluding steroid dienone is 2. The number of ether oxygens (including phenoxy) is 2. The van der Waals surface area contributed by atoms with Gasteiger partial charge in [0.25, 0.3) is 0 Å². The Morgan fingerprint density at radius 1 is 1.33 bits per heavy atom. The molecule has 1 aromatic carbocycles. The van der Waals surface area contributed by atoms with Crippen LogP contribution in [0.2, 0.25) is 5.02 Å². The zero-order valence-corrected chi connectivity index (χ0v) is 12.1. The van der Waals surface area contributed by atoms with Gasteiger partial charge in [0.05, 0.1) is 19.2 Å². The van der Waals surface area contributed by atoms with Crippen molar-refractivity contribution in [1.29, 1.82) is 0 Å². The van der Waals surface area contributed by atoms with E-state index in [0.29, 0.717) is 0 Å². The van der Waals surface area contributed by atoms with E-state index in [-0.39, 0.29) is 22.0 Å². The van der Waals surface area contributed by atoms with Gasteiger partial charge in [0.1, 0.15) is 5.70 Å². The quantitative estimate of drug-likeness (QED) is 0.665. The molecule has 0 heterocycles. The number of rotatable bonds is 5. The van der Waals surface area contributed by atoms with Crippen molar-refractivity contribution in [2.75, 3.05) is 14.2 Å². The Morgan fingerprint density at radius 2 is 2.00 bits per heavy atom. The largest absolute Gasteiger partial charge is 0.492 e. The molecule has 0 unspecified atom stereocenters. The topological polar surface area (TPSA) is 78.6 Å². The van der Waals surface area contributed by atoms with E-state index >= 15 is 0 Å². The Hall–Kier alpha value is -2.34. The van der Waals surface area contributed by atoms with Crippen LogP contribution in [0.4, 0.5) is 4.39 Å². The maximum atomic E-state index is 13.9. The highest BCUT2D eigenvalue weighted by atomic mass is 35.5. The van der Waals surface area contributed by atoms with Gasteiger partial charge in [0.2, 0.25) is 0 Å². The summed E-state index contributed by atoms with van der Waals surface area (Å²) in [4.78, 5) is 22.6. The van der Waals surface area contributed by atoms with E-state index in [1.165, 1.54) is 25.3 Å². The molecule has 21 heavy (non-hydrogen) atoms. The molecule has 0 saturated heterocycles. The minimum Gasteiger partial charge on any atom is -0.492 e. The van der Waals surface area contributed by atoms with Gasteiger partial charge in [0, 0.05) is 11.6 Å². The maximum Gasteiger partial charge on any atom is 0.354 e. The zero-order valence-electron chi connectivity index (χ0n) is 11.4. The number of methoxy groups -OCH3 is 2. The summed E-state index contributed by atoms with van der Waals surface area (Å²) in [6, 6.07) is 2.82. The normalized spacial score (nSPS) is 11.5. The predicted octanol–water partition coefficient (Wildman–Crippen LogP) is 2.09. The summed E-state index contributed by atoms with van der Waals surface area (Å²) in [7, 11) is 2.42. The number of carbonyl (C=O) groups excluding carboxylic acids is 2. The smallest absolute Gasteiger partial charge is 0.354 e. The Balaban J connectivity index is 2.96. The van der Waals surface area contributed by atoms with E-state index < -0.39 is 17.6 Å². The van der Waals surface area contributed by atoms with Gasteiger partial charge in [-0.1, -0.05) is 17.7 Å². The minimum absolute atomic E-state index is 0.106. The molecule has 5 nitrogen and oxygen atoms in total. The zero-order chi connectivity index (χ0) is 16.0. The number of hydrogen-bond donors (Lipinski definition) is 1. The summed E-state index contributed by atoms with van der Waals surface area (Å²) < 4.78 is 23.1. The summed E-state index contributed by atoms with van der Waals surface area (Å²) in [5, 5.41) is 0.119. The number of benzene rings is 1. The Morgan fingerprint density at radius 3 is 2.57 bits per heavy atom. The molecule has 1 aromatic rings. The summed E-state index contributed by atoms with van der Waals surface area (Å²) in [6.07, 6.45) is 3.16. The monoisotopic (exact) mass is 313 g/mol. The highest BCUT2D eigenvalue weighted by Gasteiger charge is 2.11. The Kier molecular flexibility index (Phi) is 5.92. The highest BCUT2D eigenvalue weighted by molar-refractivity contribution is 6.32. The van der Waals surface area contributed by atoms with Gasteiger partial charge in [-0.25, -0.2) is 9.18 Å². The van der Waals surface area contributed by atoms with Crippen LogP contribution < -0.4 is 10.5 Å². The van der Waals surface area contributed by atoms with Crippen LogP contribution in [0, 0.1) is 5.82 Å². The molecule has 7 heteroatoms. The molecule has 112 valence electrons. The minimum atomic E-state index is -0.823. The molecule has 0 amide bonds. The summed E-state index contributed by atoms with van der Waals surface area (Å²) in [5.74, 6) is -2.22. The maximum absolute atomic E-state index is 13.9. The molecule has 0 aliphatic rings. The average Bonchev–Trinajstić information content (AvgIpc) is 2.46. The molecule has 0 aliphatic carbocycles. The number of halogens is 2. The number of carbonyl (C=O) groups is 2. The van der Waals surface area contributed by atoms with E-state index in [1.54, 1.807) is 0 Å². The molecule has 1 rings (SSSR count). The van der Waals surface area contributed by atoms with Gasteiger partial charge in [-0.2, -0.15) is 0 Å². The lowest BCUT2D eigenvalue weighted by Gasteiger charge is -2.06. The van der Waals surface area contributed by atoms with Crippen LogP contribution in [0.5, 0.6) is 5.75 Å². The number of ketones is 1. The van der Waals surface area contributed by atoms with Crippen molar-refractivity contribution in [3.63, 3.8) is 0 Å². The molecule has 0 aliphatic heterocycles. The van der Waals surface area contributed by atoms with E-state index in [9.17, 15) is 14.0 Å². The van der Waals surface area contributed by atoms with Crippen LogP contribution in [0.25, 0.3) is 6.08 Å². The van der Waals surface area contributed by atoms with Gasteiger partial charge >= 0.3 is 5.97 Å². The number of hydrogen-bond acceptors (Lipinski definition) is 5. The van der Waals surface area contributed by atoms with Gasteiger partial charge in [-0.15, -0.1) is 0 Å². The molecule has 0 spiro atoms. The molecule has 2 N–H and O–H groups in total. The molecule has 0 atom stereocenters. The standard InChI is InChI=1S/C14H13ClFNO4/c1-20-13-10(15)6-4-8(12(13)16)3-5-9(18)7-11(17)14(19)21-2/h3-7H,17H2,1-2H3/b5-3+,11-7-. The predicted molar refractivity (Wildman–Crippen MR) is 76.3 cm³/mol. The fraction of sp³-hybridized carbons (Fsp3) is 0.143. The van der Waals surface area contributed by atoms with Gasteiger partial charge in [-0.3, -0.25) is 4.79 Å². The van der Waals surface area contributed by atoms with E-state index in [1.807, 2.05) is 0 Å². The first-order valence-corrected chi connectivity index (χ1v) is 6.08. The van der Waals surface area contributed by atoms with Crippen molar-refractivity contribution in [1.82, 2.24) is 0 Å². The first-order valence-electron chi connectivity index (χ1n) is 5.70. The average molecular weight is 314 g/mol.